The number of nitrogens with one attached hydrogen (secondary N) is 1. The fraction of sp³-hybridized carbons (Fsp3) is 0.476. The van der Waals surface area contributed by atoms with Gasteiger partial charge in [-0.25, -0.2) is 4.79 Å². The highest BCUT2D eigenvalue weighted by Crippen LogP contribution is 2.30. The lowest BCUT2D eigenvalue weighted by molar-refractivity contribution is -0.257. The molecule has 3 rings (SSSR count). The lowest BCUT2D eigenvalue weighted by Crippen LogP contribution is -2.67. The monoisotopic (exact) mass is 497 g/mol. The van der Waals surface area contributed by atoms with Crippen LogP contribution in [0, 0.1) is 0 Å². The summed E-state index contributed by atoms with van der Waals surface area (Å²) in [6.07, 6.45) is -4.82. The summed E-state index contributed by atoms with van der Waals surface area (Å²) in [7, 11) is 0. The van der Waals surface area contributed by atoms with E-state index in [9.17, 15) is 24.0 Å². The Morgan fingerprint density at radius 1 is 1.00 bits per heavy atom. The average Bonchev–Trinajstić information content (AvgIpc) is 3.09. The molecule has 2 heterocycles. The molecule has 0 bridgehead atoms. The highest BCUT2D eigenvalue weighted by Gasteiger charge is 2.52. The summed E-state index contributed by atoms with van der Waals surface area (Å²) in [4.78, 5) is 58.0. The van der Waals surface area contributed by atoms with E-state index in [2.05, 4.69) is 5.32 Å². The largest absolute Gasteiger partial charge is 0.463 e. The molecule has 34 heavy (non-hydrogen) atoms. The van der Waals surface area contributed by atoms with Gasteiger partial charge in [0.25, 0.3) is 0 Å². The van der Waals surface area contributed by atoms with E-state index in [0.29, 0.717) is 10.3 Å². The van der Waals surface area contributed by atoms with Crippen LogP contribution in [0.2, 0.25) is 0 Å². The van der Waals surface area contributed by atoms with Gasteiger partial charge >= 0.3 is 22.8 Å². The number of amides is 1. The molecule has 184 valence electrons. The number of hydrogen-bond donors (Lipinski definition) is 1. The van der Waals surface area contributed by atoms with Gasteiger partial charge in [-0.1, -0.05) is 11.3 Å². The predicted molar refractivity (Wildman–Crippen MR) is 115 cm³/mol. The van der Waals surface area contributed by atoms with E-state index in [0.717, 1.165) is 25.2 Å². The van der Waals surface area contributed by atoms with E-state index in [-0.39, 0.29) is 12.4 Å². The molecule has 1 saturated heterocycles. The highest BCUT2D eigenvalue weighted by atomic mass is 32.1. The third-order valence-electron chi connectivity index (χ3n) is 4.63. The molecule has 5 atom stereocenters. The van der Waals surface area contributed by atoms with Gasteiger partial charge < -0.3 is 33.4 Å². The minimum Gasteiger partial charge on any atom is -0.463 e. The molecule has 13 heteroatoms. The van der Waals surface area contributed by atoms with Crippen LogP contribution in [-0.2, 0) is 38.1 Å². The number of rotatable bonds is 7. The van der Waals surface area contributed by atoms with E-state index in [1.807, 2.05) is 0 Å². The van der Waals surface area contributed by atoms with Crippen LogP contribution in [0.15, 0.2) is 27.4 Å². The van der Waals surface area contributed by atoms with Gasteiger partial charge in [0, 0.05) is 33.8 Å². The Labute approximate surface area is 197 Å². The summed E-state index contributed by atoms with van der Waals surface area (Å²) >= 11 is 0.871. The second kappa shape index (κ2) is 10.7. The number of esters is 3. The van der Waals surface area contributed by atoms with Crippen LogP contribution in [0.25, 0.3) is 10.3 Å². The topological polar surface area (TPSA) is 157 Å². The molecule has 2 aromatic rings. The maximum Gasteiger partial charge on any atom is 0.396 e. The Kier molecular flexibility index (Phi) is 7.89. The van der Waals surface area contributed by atoms with Gasteiger partial charge in [-0.3, -0.25) is 19.2 Å². The minimum absolute atomic E-state index is 0.253. The van der Waals surface area contributed by atoms with E-state index in [4.69, 9.17) is 28.1 Å². The summed E-state index contributed by atoms with van der Waals surface area (Å²) in [5.41, 5.74) is 0.366. The Balaban J connectivity index is 1.99. The zero-order valence-electron chi connectivity index (χ0n) is 18.7. The predicted octanol–water partition coefficient (Wildman–Crippen LogP) is 0.889. The third kappa shape index (κ3) is 6.32. The fourth-order valence-electron chi connectivity index (χ4n) is 3.45. The molecule has 1 aliphatic rings. The van der Waals surface area contributed by atoms with Gasteiger partial charge in [-0.05, 0) is 12.1 Å². The average molecular weight is 497 g/mol. The minimum atomic E-state index is -1.26. The van der Waals surface area contributed by atoms with Crippen molar-refractivity contribution in [2.45, 2.75) is 58.3 Å². The Bertz CT molecular complexity index is 1140. The number of benzene rings is 1. The SMILES string of the molecule is CC(=O)N[C@H]1[C@H](Oc2ccc3oc(=O)sc3c2)O[C@@H](COC(C)=O)[C@@H](OC(C)=O)[C@@H]1OC(C)=O. The summed E-state index contributed by atoms with van der Waals surface area (Å²) in [5.74, 6) is -2.28. The Hall–Kier alpha value is -3.45. The van der Waals surface area contributed by atoms with Crippen molar-refractivity contribution < 1.29 is 47.3 Å². The number of carbonyl (C=O) groups is 4. The molecule has 0 spiro atoms. The second-order valence-electron chi connectivity index (χ2n) is 7.40. The molecule has 12 nitrogen and oxygen atoms in total. The molecule has 1 aliphatic heterocycles. The number of ether oxygens (including phenoxy) is 5. The standard InChI is InChI=1S/C21H23NO11S/c1-9(23)22-17-19(30-12(4)26)18(29-11(3)25)15(8-28-10(2)24)32-20(17)31-13-5-6-14-16(7-13)34-21(27)33-14/h5-7,15,17-20H,8H2,1-4H3,(H,22,23)/t15-,17+,18+,19+,20+/m0/s1. The van der Waals surface area contributed by atoms with Crippen molar-refractivity contribution in [2.24, 2.45) is 0 Å². The first kappa shape index (κ1) is 25.2. The van der Waals surface area contributed by atoms with Gasteiger partial charge in [0.2, 0.25) is 12.2 Å². The van der Waals surface area contributed by atoms with Gasteiger partial charge in [0.1, 0.15) is 30.1 Å². The smallest absolute Gasteiger partial charge is 0.396 e. The van der Waals surface area contributed by atoms with Crippen molar-refractivity contribution in [1.82, 2.24) is 5.32 Å². The van der Waals surface area contributed by atoms with Crippen LogP contribution >= 0.6 is 11.3 Å². The fourth-order valence-corrected chi connectivity index (χ4v) is 4.15. The lowest BCUT2D eigenvalue weighted by atomic mass is 9.96. The summed E-state index contributed by atoms with van der Waals surface area (Å²) in [5, 5.41) is 2.61. The van der Waals surface area contributed by atoms with E-state index in [1.54, 1.807) is 6.07 Å². The Morgan fingerprint density at radius 3 is 2.29 bits per heavy atom. The number of hydrogen-bond acceptors (Lipinski definition) is 12. The van der Waals surface area contributed by atoms with Gasteiger partial charge in [-0.2, -0.15) is 0 Å². The van der Waals surface area contributed by atoms with Crippen molar-refractivity contribution >= 4 is 45.4 Å². The molecule has 1 aromatic heterocycles. The first-order chi connectivity index (χ1) is 16.0. The molecule has 0 unspecified atom stereocenters. The molecule has 0 aliphatic carbocycles. The summed E-state index contributed by atoms with van der Waals surface area (Å²) < 4.78 is 33.2. The summed E-state index contributed by atoms with van der Waals surface area (Å²) in [6, 6.07) is 3.48. The quantitative estimate of drug-likeness (QED) is 0.428. The highest BCUT2D eigenvalue weighted by molar-refractivity contribution is 7.16. The van der Waals surface area contributed by atoms with E-state index >= 15 is 0 Å². The lowest BCUT2D eigenvalue weighted by Gasteiger charge is -2.44. The molecule has 1 N–H and O–H groups in total. The van der Waals surface area contributed by atoms with Gasteiger partial charge in [0.15, 0.2) is 12.2 Å². The molecule has 1 amide bonds. The molecule has 0 radical (unpaired) electrons. The van der Waals surface area contributed by atoms with Crippen molar-refractivity contribution in [3.05, 3.63) is 27.9 Å². The van der Waals surface area contributed by atoms with Crippen LogP contribution in [0.5, 0.6) is 5.75 Å². The molecular formula is C21H23NO11S. The Morgan fingerprint density at radius 2 is 1.68 bits per heavy atom. The second-order valence-corrected chi connectivity index (χ2v) is 8.38. The molecule has 0 saturated carbocycles. The van der Waals surface area contributed by atoms with Gasteiger partial charge in [0.05, 0.1) is 4.70 Å². The van der Waals surface area contributed by atoms with Gasteiger partial charge in [-0.15, -0.1) is 0 Å². The maximum atomic E-state index is 12.0. The van der Waals surface area contributed by atoms with Crippen molar-refractivity contribution in [2.75, 3.05) is 6.61 Å². The first-order valence-electron chi connectivity index (χ1n) is 10.1. The normalized spacial score (nSPS) is 24.2. The van der Waals surface area contributed by atoms with Crippen molar-refractivity contribution in [1.29, 1.82) is 0 Å². The molecular weight excluding hydrogens is 474 g/mol. The zero-order valence-corrected chi connectivity index (χ0v) is 19.5. The third-order valence-corrected chi connectivity index (χ3v) is 5.41. The van der Waals surface area contributed by atoms with Crippen molar-refractivity contribution in [3.8, 4) is 5.75 Å². The van der Waals surface area contributed by atoms with Crippen LogP contribution < -0.4 is 15.0 Å². The summed E-state index contributed by atoms with van der Waals surface area (Å²) in [6.45, 7) is 4.38. The van der Waals surface area contributed by atoms with E-state index in [1.165, 1.54) is 26.0 Å². The van der Waals surface area contributed by atoms with E-state index < -0.39 is 59.4 Å². The molecule has 1 fully saturated rings. The number of carbonyl (C=O) groups excluding carboxylic acids is 4. The zero-order chi connectivity index (χ0) is 25.0. The molecule has 1 aromatic carbocycles. The maximum absolute atomic E-state index is 12.0. The van der Waals surface area contributed by atoms with Crippen molar-refractivity contribution in [3.63, 3.8) is 0 Å². The van der Waals surface area contributed by atoms with Crippen LogP contribution in [-0.4, -0.2) is 61.1 Å². The first-order valence-corrected chi connectivity index (χ1v) is 11.0. The number of fused-ring (bicyclic) bond motifs is 1. The van der Waals surface area contributed by atoms with Crippen LogP contribution in [0.1, 0.15) is 27.7 Å². The van der Waals surface area contributed by atoms with Crippen LogP contribution in [0.3, 0.4) is 0 Å². The van der Waals surface area contributed by atoms with Crippen LogP contribution in [0.4, 0.5) is 0 Å².